The minimum atomic E-state index is -3.98. The van der Waals surface area contributed by atoms with Gasteiger partial charge in [-0.05, 0) is 50.2 Å². The molecule has 2 aromatic rings. The number of sulfonamides is 1. The standard InChI is InChI=1S/C20H21N3O5S/c1-13(2)21-20(26)16-5-3-4-6-17(16)22-29(27,28)15-9-7-14(8-10-15)23-18(24)11-12-19(23)25/h3-10,13,22H,11-12H2,1-2H3,(H,21,26). The third kappa shape index (κ3) is 4.45. The number of nitrogens with zero attached hydrogens (tertiary/aromatic N) is 1. The summed E-state index contributed by atoms with van der Waals surface area (Å²) in [5.74, 6) is -1.01. The second kappa shape index (κ2) is 8.04. The Hall–Kier alpha value is -3.20. The number of rotatable bonds is 6. The van der Waals surface area contributed by atoms with E-state index >= 15 is 0 Å². The highest BCUT2D eigenvalue weighted by molar-refractivity contribution is 7.92. The summed E-state index contributed by atoms with van der Waals surface area (Å²) in [6.45, 7) is 3.62. The maximum Gasteiger partial charge on any atom is 0.261 e. The minimum Gasteiger partial charge on any atom is -0.350 e. The van der Waals surface area contributed by atoms with Gasteiger partial charge in [0.05, 0.1) is 21.8 Å². The van der Waals surface area contributed by atoms with Crippen molar-refractivity contribution >= 4 is 39.1 Å². The number of amides is 3. The molecule has 0 aromatic heterocycles. The number of anilines is 2. The molecule has 1 aliphatic heterocycles. The highest BCUT2D eigenvalue weighted by Gasteiger charge is 2.30. The highest BCUT2D eigenvalue weighted by Crippen LogP contribution is 2.25. The molecular formula is C20H21N3O5S. The lowest BCUT2D eigenvalue weighted by atomic mass is 10.1. The molecule has 1 aliphatic rings. The summed E-state index contributed by atoms with van der Waals surface area (Å²) in [6, 6.07) is 11.6. The van der Waals surface area contributed by atoms with E-state index in [0.717, 1.165) is 4.90 Å². The van der Waals surface area contributed by atoms with Crippen molar-refractivity contribution in [3.63, 3.8) is 0 Å². The van der Waals surface area contributed by atoms with Crippen LogP contribution in [-0.2, 0) is 19.6 Å². The normalized spacial score (nSPS) is 14.4. The molecule has 3 amide bonds. The predicted molar refractivity (Wildman–Crippen MR) is 108 cm³/mol. The van der Waals surface area contributed by atoms with Gasteiger partial charge in [0.2, 0.25) is 11.8 Å². The molecule has 0 unspecified atom stereocenters. The Balaban J connectivity index is 1.85. The summed E-state index contributed by atoms with van der Waals surface area (Å²) in [6.07, 6.45) is 0.297. The summed E-state index contributed by atoms with van der Waals surface area (Å²) < 4.78 is 28.0. The van der Waals surface area contributed by atoms with E-state index in [2.05, 4.69) is 10.0 Å². The van der Waals surface area contributed by atoms with Gasteiger partial charge in [0.1, 0.15) is 0 Å². The van der Waals surface area contributed by atoms with Crippen LogP contribution in [0, 0.1) is 0 Å². The first-order chi connectivity index (χ1) is 13.7. The number of benzene rings is 2. The number of imide groups is 1. The molecule has 8 nitrogen and oxygen atoms in total. The molecule has 0 atom stereocenters. The van der Waals surface area contributed by atoms with Gasteiger partial charge in [-0.15, -0.1) is 0 Å². The van der Waals surface area contributed by atoms with E-state index in [1.165, 1.54) is 36.4 Å². The maximum atomic E-state index is 12.8. The number of para-hydroxylation sites is 1. The monoisotopic (exact) mass is 415 g/mol. The van der Waals surface area contributed by atoms with Crippen LogP contribution in [0.15, 0.2) is 53.4 Å². The van der Waals surface area contributed by atoms with Crippen molar-refractivity contribution in [3.8, 4) is 0 Å². The molecule has 3 rings (SSSR count). The summed E-state index contributed by atoms with van der Waals surface area (Å²) in [5, 5.41) is 2.73. The zero-order chi connectivity index (χ0) is 21.2. The lowest BCUT2D eigenvalue weighted by Gasteiger charge is -2.16. The van der Waals surface area contributed by atoms with Crippen LogP contribution in [0.3, 0.4) is 0 Å². The molecule has 1 fully saturated rings. The second-order valence-electron chi connectivity index (χ2n) is 6.90. The third-order valence-corrected chi connectivity index (χ3v) is 5.67. The molecule has 29 heavy (non-hydrogen) atoms. The van der Waals surface area contributed by atoms with Gasteiger partial charge in [0.15, 0.2) is 0 Å². The fraction of sp³-hybridized carbons (Fsp3) is 0.250. The second-order valence-corrected chi connectivity index (χ2v) is 8.58. The van der Waals surface area contributed by atoms with E-state index in [4.69, 9.17) is 0 Å². The Morgan fingerprint density at radius 1 is 0.966 bits per heavy atom. The zero-order valence-corrected chi connectivity index (χ0v) is 16.8. The van der Waals surface area contributed by atoms with E-state index in [-0.39, 0.29) is 52.8 Å². The van der Waals surface area contributed by atoms with Gasteiger partial charge in [-0.3, -0.25) is 24.0 Å². The van der Waals surface area contributed by atoms with Gasteiger partial charge >= 0.3 is 0 Å². The van der Waals surface area contributed by atoms with Crippen molar-refractivity contribution in [2.45, 2.75) is 37.6 Å². The Kier molecular flexibility index (Phi) is 5.69. The van der Waals surface area contributed by atoms with Gasteiger partial charge in [0, 0.05) is 18.9 Å². The summed E-state index contributed by atoms with van der Waals surface area (Å²) in [7, 11) is -3.98. The Bertz CT molecular complexity index is 1050. The summed E-state index contributed by atoms with van der Waals surface area (Å²) >= 11 is 0. The first-order valence-corrected chi connectivity index (χ1v) is 10.6. The number of nitrogens with one attached hydrogen (secondary N) is 2. The largest absolute Gasteiger partial charge is 0.350 e. The fourth-order valence-corrected chi connectivity index (χ4v) is 4.03. The first-order valence-electron chi connectivity index (χ1n) is 9.07. The highest BCUT2D eigenvalue weighted by atomic mass is 32.2. The summed E-state index contributed by atoms with van der Waals surface area (Å²) in [4.78, 5) is 37.0. The maximum absolute atomic E-state index is 12.8. The molecular weight excluding hydrogens is 394 g/mol. The Morgan fingerprint density at radius 2 is 1.55 bits per heavy atom. The Morgan fingerprint density at radius 3 is 2.14 bits per heavy atom. The molecule has 1 heterocycles. The number of hydrogen-bond acceptors (Lipinski definition) is 5. The molecule has 9 heteroatoms. The van der Waals surface area contributed by atoms with Crippen LogP contribution in [-0.4, -0.2) is 32.2 Å². The minimum absolute atomic E-state index is 0.0561. The van der Waals surface area contributed by atoms with Crippen molar-refractivity contribution in [1.29, 1.82) is 0 Å². The SMILES string of the molecule is CC(C)NC(=O)c1ccccc1NS(=O)(=O)c1ccc(N2C(=O)CCC2=O)cc1. The van der Waals surface area contributed by atoms with Crippen molar-refractivity contribution in [3.05, 3.63) is 54.1 Å². The Labute approximate surface area is 169 Å². The van der Waals surface area contributed by atoms with Gasteiger partial charge in [-0.25, -0.2) is 8.42 Å². The molecule has 0 radical (unpaired) electrons. The lowest BCUT2D eigenvalue weighted by Crippen LogP contribution is -2.31. The van der Waals surface area contributed by atoms with E-state index < -0.39 is 10.0 Å². The molecule has 0 saturated carbocycles. The molecule has 2 aromatic carbocycles. The molecule has 1 saturated heterocycles. The van der Waals surface area contributed by atoms with E-state index in [0.29, 0.717) is 5.69 Å². The van der Waals surface area contributed by atoms with Crippen molar-refractivity contribution in [1.82, 2.24) is 5.32 Å². The van der Waals surface area contributed by atoms with Gasteiger partial charge < -0.3 is 5.32 Å². The van der Waals surface area contributed by atoms with Crippen molar-refractivity contribution in [2.24, 2.45) is 0 Å². The average Bonchev–Trinajstić information content (AvgIpc) is 2.99. The zero-order valence-electron chi connectivity index (χ0n) is 16.0. The van der Waals surface area contributed by atoms with Crippen LogP contribution in [0.2, 0.25) is 0 Å². The van der Waals surface area contributed by atoms with Crippen molar-refractivity contribution < 1.29 is 22.8 Å². The third-order valence-electron chi connectivity index (χ3n) is 4.29. The van der Waals surface area contributed by atoms with Crippen molar-refractivity contribution in [2.75, 3.05) is 9.62 Å². The lowest BCUT2D eigenvalue weighted by molar-refractivity contribution is -0.121. The topological polar surface area (TPSA) is 113 Å². The predicted octanol–water partition coefficient (Wildman–Crippen LogP) is 2.28. The quantitative estimate of drug-likeness (QED) is 0.703. The van der Waals surface area contributed by atoms with Crippen LogP contribution in [0.1, 0.15) is 37.0 Å². The van der Waals surface area contributed by atoms with Crippen LogP contribution in [0.25, 0.3) is 0 Å². The van der Waals surface area contributed by atoms with E-state index in [1.807, 2.05) is 13.8 Å². The van der Waals surface area contributed by atoms with E-state index in [9.17, 15) is 22.8 Å². The average molecular weight is 415 g/mol. The molecule has 152 valence electrons. The van der Waals surface area contributed by atoms with Gasteiger partial charge in [-0.1, -0.05) is 12.1 Å². The first kappa shape index (κ1) is 20.5. The van der Waals surface area contributed by atoms with E-state index in [1.54, 1.807) is 12.1 Å². The number of carbonyl (C=O) groups is 3. The van der Waals surface area contributed by atoms with Gasteiger partial charge in [-0.2, -0.15) is 0 Å². The van der Waals surface area contributed by atoms with Crippen LogP contribution < -0.4 is 14.9 Å². The van der Waals surface area contributed by atoms with Crippen LogP contribution in [0.5, 0.6) is 0 Å². The van der Waals surface area contributed by atoms with Crippen LogP contribution in [0.4, 0.5) is 11.4 Å². The molecule has 0 aliphatic carbocycles. The smallest absolute Gasteiger partial charge is 0.261 e. The number of carbonyl (C=O) groups excluding carboxylic acids is 3. The summed E-state index contributed by atoms with van der Waals surface area (Å²) in [5.41, 5.74) is 0.683. The molecule has 0 spiro atoms. The van der Waals surface area contributed by atoms with Gasteiger partial charge in [0.25, 0.3) is 15.9 Å². The van der Waals surface area contributed by atoms with Crippen LogP contribution >= 0.6 is 0 Å². The molecule has 0 bridgehead atoms. The molecule has 2 N–H and O–H groups in total. The number of hydrogen-bond donors (Lipinski definition) is 2. The fourth-order valence-electron chi connectivity index (χ4n) is 2.95.